The first-order chi connectivity index (χ1) is 13.9. The molecule has 5 nitrogen and oxygen atoms in total. The number of rotatable bonds is 7. The van der Waals surface area contributed by atoms with Gasteiger partial charge in [0.25, 0.3) is 0 Å². The van der Waals surface area contributed by atoms with Gasteiger partial charge in [-0.2, -0.15) is 5.10 Å². The first kappa shape index (κ1) is 20.6. The van der Waals surface area contributed by atoms with Crippen molar-refractivity contribution in [2.75, 3.05) is 16.8 Å². The molecule has 0 saturated heterocycles. The molecule has 0 fully saturated rings. The highest BCUT2D eigenvalue weighted by molar-refractivity contribution is 5.92. The van der Waals surface area contributed by atoms with Crippen molar-refractivity contribution in [3.05, 3.63) is 71.5 Å². The maximum Gasteiger partial charge on any atom is 0.226 e. The number of hydrogen-bond donors (Lipinski definition) is 1. The Labute approximate surface area is 173 Å². The molecule has 2 aromatic carbocycles. The van der Waals surface area contributed by atoms with Gasteiger partial charge in [-0.3, -0.25) is 4.79 Å². The Morgan fingerprint density at radius 1 is 1.03 bits per heavy atom. The summed E-state index contributed by atoms with van der Waals surface area (Å²) in [5.74, 6) is 0.00146. The van der Waals surface area contributed by atoms with Crippen LogP contribution >= 0.6 is 0 Å². The molecule has 29 heavy (non-hydrogen) atoms. The van der Waals surface area contributed by atoms with Crippen LogP contribution in [0.2, 0.25) is 0 Å². The number of aromatic nitrogens is 2. The second-order valence-electron chi connectivity index (χ2n) is 7.71. The van der Waals surface area contributed by atoms with Crippen LogP contribution in [-0.4, -0.2) is 28.3 Å². The monoisotopic (exact) mass is 390 g/mol. The van der Waals surface area contributed by atoms with Gasteiger partial charge in [-0.05, 0) is 58.9 Å². The summed E-state index contributed by atoms with van der Waals surface area (Å²) in [6.45, 7) is 10.9. The standard InChI is InChI=1S/C24H30N4O/c1-17(2)27(21-13-11-18(3)12-14-21)16-15-23(29)25-24-19(4)26-28(20(24)5)22-9-7-6-8-10-22/h6-14,17H,15-16H2,1-5H3,(H,25,29). The Bertz CT molecular complexity index is 959. The number of hydrogen-bond acceptors (Lipinski definition) is 3. The smallest absolute Gasteiger partial charge is 0.226 e. The number of carbonyl (C=O) groups excluding carboxylic acids is 1. The lowest BCUT2D eigenvalue weighted by Gasteiger charge is -2.29. The normalized spacial score (nSPS) is 11.0. The molecule has 0 atom stereocenters. The van der Waals surface area contributed by atoms with Crippen molar-refractivity contribution in [2.45, 2.75) is 47.1 Å². The highest BCUT2D eigenvalue weighted by Crippen LogP contribution is 2.23. The van der Waals surface area contributed by atoms with Gasteiger partial charge in [-0.1, -0.05) is 35.9 Å². The third-order valence-electron chi connectivity index (χ3n) is 5.13. The van der Waals surface area contributed by atoms with Gasteiger partial charge in [-0.15, -0.1) is 0 Å². The van der Waals surface area contributed by atoms with Crippen molar-refractivity contribution in [1.82, 2.24) is 9.78 Å². The number of benzene rings is 2. The largest absolute Gasteiger partial charge is 0.369 e. The minimum atomic E-state index is 0.00146. The summed E-state index contributed by atoms with van der Waals surface area (Å²) >= 11 is 0. The molecule has 0 aliphatic heterocycles. The fourth-order valence-corrected chi connectivity index (χ4v) is 3.49. The first-order valence-electron chi connectivity index (χ1n) is 10.1. The van der Waals surface area contributed by atoms with Gasteiger partial charge in [0.05, 0.1) is 22.8 Å². The molecular formula is C24H30N4O. The third kappa shape index (κ3) is 4.86. The van der Waals surface area contributed by atoms with E-state index in [1.807, 2.05) is 48.9 Å². The Balaban J connectivity index is 1.69. The number of amides is 1. The van der Waals surface area contributed by atoms with Gasteiger partial charge in [0, 0.05) is 24.7 Å². The van der Waals surface area contributed by atoms with Gasteiger partial charge in [0.1, 0.15) is 0 Å². The Morgan fingerprint density at radius 3 is 2.31 bits per heavy atom. The molecule has 152 valence electrons. The highest BCUT2D eigenvalue weighted by atomic mass is 16.1. The van der Waals surface area contributed by atoms with Crippen LogP contribution in [0.5, 0.6) is 0 Å². The third-order valence-corrected chi connectivity index (χ3v) is 5.13. The number of carbonyl (C=O) groups is 1. The van der Waals surface area contributed by atoms with Gasteiger partial charge in [0.2, 0.25) is 5.91 Å². The van der Waals surface area contributed by atoms with Crippen molar-refractivity contribution < 1.29 is 4.79 Å². The Morgan fingerprint density at radius 2 is 1.69 bits per heavy atom. The van der Waals surface area contributed by atoms with E-state index in [9.17, 15) is 4.79 Å². The molecule has 0 radical (unpaired) electrons. The number of nitrogens with zero attached hydrogens (tertiary/aromatic N) is 3. The molecule has 0 saturated carbocycles. The average Bonchev–Trinajstić information content (AvgIpc) is 2.98. The van der Waals surface area contributed by atoms with Crippen molar-refractivity contribution in [1.29, 1.82) is 0 Å². The second-order valence-corrected chi connectivity index (χ2v) is 7.71. The molecule has 0 spiro atoms. The molecule has 3 rings (SSSR count). The zero-order valence-corrected chi connectivity index (χ0v) is 17.9. The molecule has 1 heterocycles. The van der Waals surface area contributed by atoms with E-state index in [0.29, 0.717) is 19.0 Å². The summed E-state index contributed by atoms with van der Waals surface area (Å²) < 4.78 is 1.87. The van der Waals surface area contributed by atoms with Crippen molar-refractivity contribution in [3.8, 4) is 5.69 Å². The summed E-state index contributed by atoms with van der Waals surface area (Å²) in [5.41, 5.74) is 5.91. The topological polar surface area (TPSA) is 50.2 Å². The van der Waals surface area contributed by atoms with Crippen LogP contribution in [0.1, 0.15) is 37.2 Å². The summed E-state index contributed by atoms with van der Waals surface area (Å²) in [5, 5.41) is 7.68. The fraction of sp³-hybridized carbons (Fsp3) is 0.333. The average molecular weight is 391 g/mol. The van der Waals surface area contributed by atoms with Crippen molar-refractivity contribution in [3.63, 3.8) is 0 Å². The Kier molecular flexibility index (Phi) is 6.37. The number of aryl methyl sites for hydroxylation is 2. The van der Waals surface area contributed by atoms with Crippen LogP contribution in [0.4, 0.5) is 11.4 Å². The molecule has 0 unspecified atom stereocenters. The Hall–Kier alpha value is -3.08. The van der Waals surface area contributed by atoms with Gasteiger partial charge >= 0.3 is 0 Å². The zero-order valence-electron chi connectivity index (χ0n) is 17.9. The predicted octanol–water partition coefficient (Wildman–Crippen LogP) is 5.04. The van der Waals surface area contributed by atoms with E-state index >= 15 is 0 Å². The van der Waals surface area contributed by atoms with Crippen LogP contribution in [0.25, 0.3) is 5.69 Å². The van der Waals surface area contributed by atoms with Crippen LogP contribution in [0, 0.1) is 20.8 Å². The number of nitrogens with one attached hydrogen (secondary N) is 1. The molecule has 5 heteroatoms. The summed E-state index contributed by atoms with van der Waals surface area (Å²) in [7, 11) is 0. The lowest BCUT2D eigenvalue weighted by molar-refractivity contribution is -0.116. The second kappa shape index (κ2) is 8.95. The van der Waals surface area contributed by atoms with E-state index in [1.54, 1.807) is 0 Å². The van der Waals surface area contributed by atoms with Gasteiger partial charge < -0.3 is 10.2 Å². The minimum Gasteiger partial charge on any atom is -0.369 e. The maximum atomic E-state index is 12.7. The molecule has 0 bridgehead atoms. The summed E-state index contributed by atoms with van der Waals surface area (Å²) in [6.07, 6.45) is 0.418. The molecule has 0 aliphatic rings. The van der Waals surface area contributed by atoms with Crippen molar-refractivity contribution in [2.24, 2.45) is 0 Å². The summed E-state index contributed by atoms with van der Waals surface area (Å²) in [6, 6.07) is 18.7. The van der Waals surface area contributed by atoms with Crippen molar-refractivity contribution >= 4 is 17.3 Å². The van der Waals surface area contributed by atoms with E-state index in [1.165, 1.54) is 5.56 Å². The van der Waals surface area contributed by atoms with E-state index < -0.39 is 0 Å². The molecule has 3 aromatic rings. The van der Waals surface area contributed by atoms with Gasteiger partial charge in [-0.25, -0.2) is 4.68 Å². The van der Waals surface area contributed by atoms with E-state index in [-0.39, 0.29) is 5.91 Å². The highest BCUT2D eigenvalue weighted by Gasteiger charge is 2.17. The van der Waals surface area contributed by atoms with Crippen LogP contribution < -0.4 is 10.2 Å². The van der Waals surface area contributed by atoms with E-state index in [4.69, 9.17) is 0 Å². The van der Waals surface area contributed by atoms with Crippen LogP contribution in [0.15, 0.2) is 54.6 Å². The first-order valence-corrected chi connectivity index (χ1v) is 10.1. The lowest BCUT2D eigenvalue weighted by Crippen LogP contribution is -2.33. The predicted molar refractivity (Wildman–Crippen MR) is 120 cm³/mol. The zero-order chi connectivity index (χ0) is 21.0. The fourth-order valence-electron chi connectivity index (χ4n) is 3.49. The summed E-state index contributed by atoms with van der Waals surface area (Å²) in [4.78, 5) is 15.0. The van der Waals surface area contributed by atoms with E-state index in [0.717, 1.165) is 28.5 Å². The van der Waals surface area contributed by atoms with E-state index in [2.05, 4.69) is 60.4 Å². The van der Waals surface area contributed by atoms with Crippen LogP contribution in [0.3, 0.4) is 0 Å². The number of para-hydroxylation sites is 1. The molecule has 0 aliphatic carbocycles. The quantitative estimate of drug-likeness (QED) is 0.615. The molecule has 1 amide bonds. The van der Waals surface area contributed by atoms with Crippen LogP contribution in [-0.2, 0) is 4.79 Å². The number of anilines is 2. The maximum absolute atomic E-state index is 12.7. The SMILES string of the molecule is Cc1ccc(N(CCC(=O)Nc2c(C)nn(-c3ccccc3)c2C)C(C)C)cc1. The minimum absolute atomic E-state index is 0.00146. The van der Waals surface area contributed by atoms with Gasteiger partial charge in [0.15, 0.2) is 0 Å². The molecule has 1 aromatic heterocycles. The lowest BCUT2D eigenvalue weighted by atomic mass is 10.1. The molecule has 1 N–H and O–H groups in total. The molecular weight excluding hydrogens is 360 g/mol.